The van der Waals surface area contributed by atoms with Crippen LogP contribution in [0.4, 0.5) is 0 Å². The van der Waals surface area contributed by atoms with E-state index >= 15 is 0 Å². The number of aryl methyl sites for hydroxylation is 1. The average Bonchev–Trinajstić information content (AvgIpc) is 3.37. The van der Waals surface area contributed by atoms with E-state index < -0.39 is 5.91 Å². The van der Waals surface area contributed by atoms with E-state index in [1.165, 1.54) is 22.8 Å². The molecule has 2 aliphatic heterocycles. The molecular formula is C32H34N4O6. The van der Waals surface area contributed by atoms with Gasteiger partial charge >= 0.3 is 0 Å². The van der Waals surface area contributed by atoms with Crippen LogP contribution in [0.5, 0.6) is 0 Å². The van der Waals surface area contributed by atoms with Crippen LogP contribution in [0.15, 0.2) is 36.4 Å². The van der Waals surface area contributed by atoms with Gasteiger partial charge in [0.25, 0.3) is 29.5 Å². The molecule has 0 spiro atoms. The predicted octanol–water partition coefficient (Wildman–Crippen LogP) is 3.38. The predicted molar refractivity (Wildman–Crippen MR) is 152 cm³/mol. The Kier molecular flexibility index (Phi) is 7.16. The summed E-state index contributed by atoms with van der Waals surface area (Å²) < 4.78 is 0. The Hall–Kier alpha value is -4.34. The van der Waals surface area contributed by atoms with Gasteiger partial charge in [-0.2, -0.15) is 0 Å². The van der Waals surface area contributed by atoms with Crippen LogP contribution >= 0.6 is 0 Å². The molecule has 4 aliphatic rings. The van der Waals surface area contributed by atoms with Crippen molar-refractivity contribution in [2.24, 2.45) is 0 Å². The lowest BCUT2D eigenvalue weighted by Gasteiger charge is -2.36. The third-order valence-corrected chi connectivity index (χ3v) is 9.12. The van der Waals surface area contributed by atoms with Crippen molar-refractivity contribution < 1.29 is 28.8 Å². The fourth-order valence-corrected chi connectivity index (χ4v) is 6.95. The Labute approximate surface area is 243 Å². The van der Waals surface area contributed by atoms with E-state index in [1.54, 1.807) is 24.3 Å². The molecule has 0 bridgehead atoms. The summed E-state index contributed by atoms with van der Waals surface area (Å²) in [5.41, 5.74) is 2.60. The lowest BCUT2D eigenvalue weighted by molar-refractivity contribution is -0.119. The summed E-state index contributed by atoms with van der Waals surface area (Å²) in [6.45, 7) is 3.38. The number of benzene rings is 2. The monoisotopic (exact) mass is 570 g/mol. The summed E-state index contributed by atoms with van der Waals surface area (Å²) in [6, 6.07) is 9.35. The summed E-state index contributed by atoms with van der Waals surface area (Å²) >= 11 is 0. The van der Waals surface area contributed by atoms with Crippen LogP contribution < -0.4 is 10.6 Å². The van der Waals surface area contributed by atoms with Crippen LogP contribution in [-0.4, -0.2) is 69.4 Å². The van der Waals surface area contributed by atoms with Crippen molar-refractivity contribution in [3.8, 4) is 0 Å². The molecule has 42 heavy (non-hydrogen) atoms. The van der Waals surface area contributed by atoms with Crippen molar-refractivity contribution in [1.82, 2.24) is 20.4 Å². The van der Waals surface area contributed by atoms with Crippen LogP contribution in [-0.2, 0) is 4.79 Å². The summed E-state index contributed by atoms with van der Waals surface area (Å²) in [5, 5.41) is 5.95. The molecule has 2 aromatic carbocycles. The maximum Gasteiger partial charge on any atom is 0.261 e. The van der Waals surface area contributed by atoms with E-state index in [9.17, 15) is 28.8 Å². The SMILES string of the molecule is CC(=O)NC1CCC(NC(=O)c2ccc3c(c2)C(=O)N(C2CCC(N4C(=O)c5ccc(C)cc5C4=O)CC2)C3=O)CC1. The number of amides is 6. The molecule has 218 valence electrons. The molecule has 2 saturated carbocycles. The van der Waals surface area contributed by atoms with Gasteiger partial charge in [0.1, 0.15) is 0 Å². The Morgan fingerprint density at radius 2 is 1.07 bits per heavy atom. The number of carbonyl (C=O) groups excluding carboxylic acids is 6. The zero-order valence-corrected chi connectivity index (χ0v) is 23.8. The Bertz CT molecular complexity index is 1520. The number of hydrogen-bond donors (Lipinski definition) is 2. The molecule has 6 rings (SSSR count). The largest absolute Gasteiger partial charge is 0.354 e. The molecule has 0 atom stereocenters. The van der Waals surface area contributed by atoms with Crippen LogP contribution in [0.3, 0.4) is 0 Å². The highest BCUT2D eigenvalue weighted by atomic mass is 16.2. The Morgan fingerprint density at radius 1 is 0.619 bits per heavy atom. The molecule has 2 N–H and O–H groups in total. The smallest absolute Gasteiger partial charge is 0.261 e. The molecule has 2 heterocycles. The van der Waals surface area contributed by atoms with E-state index in [4.69, 9.17) is 0 Å². The van der Waals surface area contributed by atoms with Crippen molar-refractivity contribution in [3.63, 3.8) is 0 Å². The van der Waals surface area contributed by atoms with Crippen LogP contribution in [0.1, 0.15) is 116 Å². The van der Waals surface area contributed by atoms with Gasteiger partial charge in [-0.3, -0.25) is 38.6 Å². The Balaban J connectivity index is 1.08. The van der Waals surface area contributed by atoms with Gasteiger partial charge in [0.2, 0.25) is 5.91 Å². The topological polar surface area (TPSA) is 133 Å². The second kappa shape index (κ2) is 10.8. The van der Waals surface area contributed by atoms with Crippen molar-refractivity contribution in [2.75, 3.05) is 0 Å². The van der Waals surface area contributed by atoms with Gasteiger partial charge in [0.15, 0.2) is 0 Å². The summed E-state index contributed by atoms with van der Waals surface area (Å²) in [7, 11) is 0. The first kappa shape index (κ1) is 27.8. The number of carbonyl (C=O) groups is 6. The fraction of sp³-hybridized carbons (Fsp3) is 0.438. The van der Waals surface area contributed by atoms with Crippen LogP contribution in [0, 0.1) is 6.92 Å². The first-order chi connectivity index (χ1) is 20.1. The lowest BCUT2D eigenvalue weighted by Crippen LogP contribution is -2.47. The molecule has 6 amide bonds. The van der Waals surface area contributed by atoms with E-state index in [0.29, 0.717) is 42.4 Å². The highest BCUT2D eigenvalue weighted by Gasteiger charge is 2.45. The number of nitrogens with one attached hydrogen (secondary N) is 2. The molecule has 0 radical (unpaired) electrons. The second-order valence-electron chi connectivity index (χ2n) is 12.0. The van der Waals surface area contributed by atoms with Crippen molar-refractivity contribution in [3.05, 3.63) is 69.8 Å². The number of nitrogens with zero attached hydrogens (tertiary/aromatic N) is 2. The van der Waals surface area contributed by atoms with Crippen molar-refractivity contribution in [2.45, 2.75) is 89.4 Å². The van der Waals surface area contributed by atoms with Crippen LogP contribution in [0.25, 0.3) is 0 Å². The van der Waals surface area contributed by atoms with Gasteiger partial charge in [-0.05, 0) is 88.6 Å². The fourth-order valence-electron chi connectivity index (χ4n) is 6.95. The van der Waals surface area contributed by atoms with E-state index in [-0.39, 0.29) is 64.8 Å². The zero-order chi connectivity index (χ0) is 29.7. The van der Waals surface area contributed by atoms with E-state index in [0.717, 1.165) is 31.2 Å². The number of fused-ring (bicyclic) bond motifs is 2. The summed E-state index contributed by atoms with van der Waals surface area (Å²) in [5.74, 6) is -1.71. The average molecular weight is 571 g/mol. The molecule has 2 aromatic rings. The molecule has 2 aliphatic carbocycles. The Morgan fingerprint density at radius 3 is 1.60 bits per heavy atom. The van der Waals surface area contributed by atoms with Crippen LogP contribution in [0.2, 0.25) is 0 Å². The third-order valence-electron chi connectivity index (χ3n) is 9.12. The molecule has 0 aromatic heterocycles. The van der Waals surface area contributed by atoms with Crippen molar-refractivity contribution in [1.29, 1.82) is 0 Å². The second-order valence-corrected chi connectivity index (χ2v) is 12.0. The molecule has 0 unspecified atom stereocenters. The normalized spacial score (nSPS) is 25.4. The first-order valence-corrected chi connectivity index (χ1v) is 14.7. The van der Waals surface area contributed by atoms with Crippen molar-refractivity contribution >= 4 is 35.4 Å². The van der Waals surface area contributed by atoms with Gasteiger partial charge in [-0.15, -0.1) is 0 Å². The quantitative estimate of drug-likeness (QED) is 0.530. The number of imide groups is 2. The van der Waals surface area contributed by atoms with Gasteiger partial charge in [-0.25, -0.2) is 0 Å². The van der Waals surface area contributed by atoms with Gasteiger partial charge in [0.05, 0.1) is 22.3 Å². The van der Waals surface area contributed by atoms with Gasteiger partial charge < -0.3 is 10.6 Å². The highest BCUT2D eigenvalue weighted by Crippen LogP contribution is 2.36. The minimum atomic E-state index is -0.417. The molecule has 0 saturated heterocycles. The number of rotatable bonds is 5. The standard InChI is InChI=1S/C32H34N4O6/c1-17-3-13-24-26(15-17)31(41)35(29(24)39)22-9-11-23(12-10-22)36-30(40)25-14-4-19(16-27(25)32(36)42)28(38)34-21-7-5-20(6-8-21)33-18(2)37/h3-4,13-16,20-23H,5-12H2,1-2H3,(H,33,37)(H,34,38). The summed E-state index contributed by atoms with van der Waals surface area (Å²) in [4.78, 5) is 79.7. The minimum absolute atomic E-state index is 0.0223. The maximum absolute atomic E-state index is 13.4. The lowest BCUT2D eigenvalue weighted by atomic mass is 9.89. The minimum Gasteiger partial charge on any atom is -0.354 e. The zero-order valence-electron chi connectivity index (χ0n) is 23.8. The van der Waals surface area contributed by atoms with Gasteiger partial charge in [0, 0.05) is 36.7 Å². The van der Waals surface area contributed by atoms with E-state index in [2.05, 4.69) is 10.6 Å². The van der Waals surface area contributed by atoms with Gasteiger partial charge in [-0.1, -0.05) is 11.6 Å². The maximum atomic E-state index is 13.4. The van der Waals surface area contributed by atoms with E-state index in [1.807, 2.05) is 13.0 Å². The first-order valence-electron chi connectivity index (χ1n) is 14.7. The molecule has 2 fully saturated rings. The molecule has 10 nitrogen and oxygen atoms in total. The highest BCUT2D eigenvalue weighted by molar-refractivity contribution is 6.23. The molecular weight excluding hydrogens is 536 g/mol. The third kappa shape index (κ3) is 4.88. The molecule has 10 heteroatoms. The number of hydrogen-bond acceptors (Lipinski definition) is 6. The summed E-state index contributed by atoms with van der Waals surface area (Å²) in [6.07, 6.45) is 5.03.